The number of aromatic nitrogens is 3. The Morgan fingerprint density at radius 1 is 1.07 bits per heavy atom. The van der Waals surface area contributed by atoms with E-state index in [0.717, 1.165) is 24.3 Å². The summed E-state index contributed by atoms with van der Waals surface area (Å²) in [6.45, 7) is 8.43. The van der Waals surface area contributed by atoms with E-state index in [9.17, 15) is 4.79 Å². The summed E-state index contributed by atoms with van der Waals surface area (Å²) in [5.74, 6) is 0.145. The number of hydrogen-bond donors (Lipinski definition) is 2. The largest absolute Gasteiger partial charge is 0.372 e. The van der Waals surface area contributed by atoms with E-state index in [2.05, 4.69) is 56.5 Å². The highest BCUT2D eigenvalue weighted by atomic mass is 16.1. The number of aryl methyl sites for hydroxylation is 1. The Bertz CT molecular complexity index is 939. The summed E-state index contributed by atoms with van der Waals surface area (Å²) in [5.41, 5.74) is 4.00. The Hall–Kier alpha value is -3.48. The Morgan fingerprint density at radius 3 is 2.48 bits per heavy atom. The molecule has 0 aliphatic carbocycles. The van der Waals surface area contributed by atoms with Crippen molar-refractivity contribution in [3.63, 3.8) is 0 Å². The van der Waals surface area contributed by atoms with E-state index >= 15 is 0 Å². The molecule has 0 aliphatic rings. The molecule has 29 heavy (non-hydrogen) atoms. The summed E-state index contributed by atoms with van der Waals surface area (Å²) in [7, 11) is 0. The van der Waals surface area contributed by atoms with E-state index in [4.69, 9.17) is 0 Å². The maximum absolute atomic E-state index is 12.5. The maximum atomic E-state index is 12.5. The first-order valence-corrected chi connectivity index (χ1v) is 9.74. The molecule has 1 amide bonds. The van der Waals surface area contributed by atoms with Crippen LogP contribution in [0.15, 0.2) is 54.9 Å². The number of nitrogens with one attached hydrogen (secondary N) is 2. The number of benzene rings is 1. The van der Waals surface area contributed by atoms with E-state index < -0.39 is 0 Å². The molecular weight excluding hydrogens is 364 g/mol. The first-order valence-electron chi connectivity index (χ1n) is 9.74. The standard InChI is InChI=1S/C22H26N6O/c1-4-28(5-2)19-10-8-18(9-11-19)26-22-25-16(3)13-20(27-22)21(29)24-15-17-7-6-12-23-14-17/h6-14H,4-5,15H2,1-3H3,(H,24,29)(H,25,26,27). The van der Waals surface area contributed by atoms with Crippen LogP contribution in [0.3, 0.4) is 0 Å². The van der Waals surface area contributed by atoms with Crippen LogP contribution in [-0.4, -0.2) is 33.9 Å². The van der Waals surface area contributed by atoms with Crippen molar-refractivity contribution >= 4 is 23.2 Å². The van der Waals surface area contributed by atoms with E-state index in [1.807, 2.05) is 31.2 Å². The molecule has 0 aliphatic heterocycles. The first kappa shape index (κ1) is 20.3. The van der Waals surface area contributed by atoms with Gasteiger partial charge in [0.25, 0.3) is 5.91 Å². The molecule has 7 nitrogen and oxygen atoms in total. The highest BCUT2D eigenvalue weighted by Gasteiger charge is 2.11. The van der Waals surface area contributed by atoms with Crippen LogP contribution in [0.4, 0.5) is 17.3 Å². The molecule has 0 radical (unpaired) electrons. The average molecular weight is 390 g/mol. The Kier molecular flexibility index (Phi) is 6.73. The zero-order valence-corrected chi connectivity index (χ0v) is 17.0. The van der Waals surface area contributed by atoms with Gasteiger partial charge in [0.05, 0.1) is 0 Å². The molecule has 0 atom stereocenters. The summed E-state index contributed by atoms with van der Waals surface area (Å²) >= 11 is 0. The lowest BCUT2D eigenvalue weighted by Crippen LogP contribution is -2.24. The van der Waals surface area contributed by atoms with Crippen LogP contribution in [0, 0.1) is 6.92 Å². The zero-order valence-electron chi connectivity index (χ0n) is 17.0. The van der Waals surface area contributed by atoms with Crippen LogP contribution in [0.2, 0.25) is 0 Å². The fourth-order valence-electron chi connectivity index (χ4n) is 2.99. The van der Waals surface area contributed by atoms with Gasteiger partial charge in [-0.3, -0.25) is 9.78 Å². The molecular formula is C22H26N6O. The first-order chi connectivity index (χ1) is 14.1. The molecule has 3 rings (SSSR count). The second-order valence-electron chi connectivity index (χ2n) is 6.61. The zero-order chi connectivity index (χ0) is 20.6. The van der Waals surface area contributed by atoms with E-state index in [0.29, 0.717) is 23.9 Å². The summed E-state index contributed by atoms with van der Waals surface area (Å²) in [6.07, 6.45) is 3.42. The topological polar surface area (TPSA) is 83.0 Å². The molecule has 7 heteroatoms. The predicted molar refractivity (Wildman–Crippen MR) is 115 cm³/mol. The van der Waals surface area contributed by atoms with Gasteiger partial charge >= 0.3 is 0 Å². The Morgan fingerprint density at radius 2 is 1.83 bits per heavy atom. The highest BCUT2D eigenvalue weighted by molar-refractivity contribution is 5.92. The van der Waals surface area contributed by atoms with Crippen molar-refractivity contribution in [1.82, 2.24) is 20.3 Å². The monoisotopic (exact) mass is 390 g/mol. The Balaban J connectivity index is 1.69. The van der Waals surface area contributed by atoms with Crippen molar-refractivity contribution in [2.24, 2.45) is 0 Å². The van der Waals surface area contributed by atoms with Gasteiger partial charge in [0, 0.05) is 49.1 Å². The number of pyridine rings is 1. The van der Waals surface area contributed by atoms with Gasteiger partial charge in [-0.25, -0.2) is 9.97 Å². The van der Waals surface area contributed by atoms with Gasteiger partial charge in [-0.2, -0.15) is 0 Å². The van der Waals surface area contributed by atoms with Crippen molar-refractivity contribution in [1.29, 1.82) is 0 Å². The van der Waals surface area contributed by atoms with Crippen molar-refractivity contribution in [2.45, 2.75) is 27.3 Å². The normalized spacial score (nSPS) is 10.4. The van der Waals surface area contributed by atoms with Gasteiger partial charge in [-0.15, -0.1) is 0 Å². The molecule has 0 unspecified atom stereocenters. The van der Waals surface area contributed by atoms with Crippen LogP contribution in [0.25, 0.3) is 0 Å². The van der Waals surface area contributed by atoms with Crippen molar-refractivity contribution in [3.8, 4) is 0 Å². The SMILES string of the molecule is CCN(CC)c1ccc(Nc2nc(C)cc(C(=O)NCc3cccnc3)n2)cc1. The molecule has 0 fully saturated rings. The second-order valence-corrected chi connectivity index (χ2v) is 6.61. The van der Waals surface area contributed by atoms with Gasteiger partial charge in [-0.1, -0.05) is 6.07 Å². The molecule has 0 saturated carbocycles. The smallest absolute Gasteiger partial charge is 0.270 e. The van der Waals surface area contributed by atoms with Gasteiger partial charge < -0.3 is 15.5 Å². The molecule has 2 aromatic heterocycles. The van der Waals surface area contributed by atoms with E-state index in [-0.39, 0.29) is 5.91 Å². The Labute approximate surface area is 171 Å². The van der Waals surface area contributed by atoms with Crippen LogP contribution < -0.4 is 15.5 Å². The molecule has 3 aromatic rings. The maximum Gasteiger partial charge on any atom is 0.270 e. The molecule has 1 aromatic carbocycles. The van der Waals surface area contributed by atoms with Crippen molar-refractivity contribution in [3.05, 3.63) is 71.8 Å². The van der Waals surface area contributed by atoms with Gasteiger partial charge in [0.1, 0.15) is 5.69 Å². The van der Waals surface area contributed by atoms with Crippen molar-refractivity contribution in [2.75, 3.05) is 23.3 Å². The molecule has 0 spiro atoms. The number of nitrogens with zero attached hydrogens (tertiary/aromatic N) is 4. The third-order valence-electron chi connectivity index (χ3n) is 4.51. The number of anilines is 3. The van der Waals surface area contributed by atoms with E-state index in [1.165, 1.54) is 5.69 Å². The van der Waals surface area contributed by atoms with Gasteiger partial charge in [0.15, 0.2) is 0 Å². The van der Waals surface area contributed by atoms with Crippen LogP contribution in [-0.2, 0) is 6.54 Å². The summed E-state index contributed by atoms with van der Waals surface area (Å²) < 4.78 is 0. The minimum Gasteiger partial charge on any atom is -0.372 e. The number of amides is 1. The highest BCUT2D eigenvalue weighted by Crippen LogP contribution is 2.20. The minimum absolute atomic E-state index is 0.251. The molecule has 0 bridgehead atoms. The number of carbonyl (C=O) groups excluding carboxylic acids is 1. The predicted octanol–water partition coefficient (Wildman–Crippen LogP) is 3.70. The van der Waals surface area contributed by atoms with Crippen LogP contribution in [0.1, 0.15) is 35.6 Å². The van der Waals surface area contributed by atoms with Crippen LogP contribution >= 0.6 is 0 Å². The number of hydrogen-bond acceptors (Lipinski definition) is 6. The van der Waals surface area contributed by atoms with Crippen molar-refractivity contribution < 1.29 is 4.79 Å². The lowest BCUT2D eigenvalue weighted by Gasteiger charge is -2.21. The van der Waals surface area contributed by atoms with E-state index in [1.54, 1.807) is 18.5 Å². The molecule has 2 N–H and O–H groups in total. The molecule has 2 heterocycles. The third kappa shape index (κ3) is 5.51. The van der Waals surface area contributed by atoms with Gasteiger partial charge in [0.2, 0.25) is 5.95 Å². The fraction of sp³-hybridized carbons (Fsp3) is 0.273. The number of rotatable bonds is 8. The second kappa shape index (κ2) is 9.64. The quantitative estimate of drug-likeness (QED) is 0.610. The van der Waals surface area contributed by atoms with Crippen LogP contribution in [0.5, 0.6) is 0 Å². The third-order valence-corrected chi connectivity index (χ3v) is 4.51. The minimum atomic E-state index is -0.251. The summed E-state index contributed by atoms with van der Waals surface area (Å²) in [5, 5.41) is 6.05. The fourth-order valence-corrected chi connectivity index (χ4v) is 2.99. The van der Waals surface area contributed by atoms with Gasteiger partial charge in [-0.05, 0) is 62.7 Å². The number of carbonyl (C=O) groups is 1. The summed E-state index contributed by atoms with van der Waals surface area (Å²) in [4.78, 5) is 27.6. The lowest BCUT2D eigenvalue weighted by atomic mass is 10.2. The average Bonchev–Trinajstić information content (AvgIpc) is 2.74. The summed E-state index contributed by atoms with van der Waals surface area (Å²) in [6, 6.07) is 13.5. The lowest BCUT2D eigenvalue weighted by molar-refractivity contribution is 0.0945. The molecule has 150 valence electrons. The molecule has 0 saturated heterocycles.